The zero-order valence-corrected chi connectivity index (χ0v) is 21.3. The van der Waals surface area contributed by atoms with Crippen molar-refractivity contribution in [1.29, 1.82) is 5.26 Å². The first-order valence-electron chi connectivity index (χ1n) is 11.3. The van der Waals surface area contributed by atoms with Gasteiger partial charge in [0.1, 0.15) is 22.6 Å². The number of amides is 1. The molecule has 0 bridgehead atoms. The van der Waals surface area contributed by atoms with Gasteiger partial charge in [-0.2, -0.15) is 5.26 Å². The number of non-ortho nitro benzene ring substituents is 1. The highest BCUT2D eigenvalue weighted by Crippen LogP contribution is 2.35. The fourth-order valence-electron chi connectivity index (χ4n) is 3.67. The fraction of sp³-hybridized carbons (Fsp3) is 0.107. The number of anilines is 1. The summed E-state index contributed by atoms with van der Waals surface area (Å²) < 4.78 is 10.5. The maximum absolute atomic E-state index is 12.7. The standard InChI is InChI=1S/C28H22N4O5S/c1-36-22-10-6-18(7-11-22)24-15-26(19-8-12-23(37-2)13-9-19)31-28(25(24)16-29)38-17-27(33)30-20-4-3-5-21(14-20)32(34)35/h3-15H,17H2,1-2H3,(H,30,33). The Bertz CT molecular complexity index is 1520. The quantitative estimate of drug-likeness (QED) is 0.161. The van der Waals surface area contributed by atoms with Crippen molar-refractivity contribution >= 4 is 29.0 Å². The van der Waals surface area contributed by atoms with E-state index in [0.29, 0.717) is 39.0 Å². The van der Waals surface area contributed by atoms with Gasteiger partial charge in [0.25, 0.3) is 5.69 Å². The van der Waals surface area contributed by atoms with E-state index in [-0.39, 0.29) is 17.3 Å². The molecule has 0 fully saturated rings. The van der Waals surface area contributed by atoms with E-state index in [4.69, 9.17) is 14.5 Å². The molecule has 1 aromatic heterocycles. The van der Waals surface area contributed by atoms with E-state index in [1.807, 2.05) is 54.6 Å². The summed E-state index contributed by atoms with van der Waals surface area (Å²) in [6.07, 6.45) is 0. The number of nitro groups is 1. The van der Waals surface area contributed by atoms with Crippen molar-refractivity contribution in [2.75, 3.05) is 25.3 Å². The van der Waals surface area contributed by atoms with Crippen molar-refractivity contribution in [3.05, 3.63) is 94.5 Å². The van der Waals surface area contributed by atoms with Crippen molar-refractivity contribution < 1.29 is 19.2 Å². The molecule has 4 aromatic rings. The van der Waals surface area contributed by atoms with Gasteiger partial charge in [-0.25, -0.2) is 4.98 Å². The second kappa shape index (κ2) is 11.9. The Balaban J connectivity index is 1.67. The predicted octanol–water partition coefficient (Wildman–Crippen LogP) is 5.94. The molecule has 1 heterocycles. The summed E-state index contributed by atoms with van der Waals surface area (Å²) in [5.74, 6) is 0.940. The Kier molecular flexibility index (Phi) is 8.20. The van der Waals surface area contributed by atoms with Crippen molar-refractivity contribution in [2.24, 2.45) is 0 Å². The number of thioether (sulfide) groups is 1. The molecule has 190 valence electrons. The molecule has 9 nitrogen and oxygen atoms in total. The number of carbonyl (C=O) groups excluding carboxylic acids is 1. The Morgan fingerprint density at radius 3 is 2.21 bits per heavy atom. The number of rotatable bonds is 9. The molecular formula is C28H22N4O5S. The average Bonchev–Trinajstić information content (AvgIpc) is 2.95. The van der Waals surface area contributed by atoms with Crippen LogP contribution in [0.3, 0.4) is 0 Å². The fourth-order valence-corrected chi connectivity index (χ4v) is 4.47. The van der Waals surface area contributed by atoms with Crippen molar-refractivity contribution in [1.82, 2.24) is 4.98 Å². The lowest BCUT2D eigenvalue weighted by atomic mass is 9.99. The van der Waals surface area contributed by atoms with E-state index in [1.54, 1.807) is 20.3 Å². The average molecular weight is 527 g/mol. The van der Waals surface area contributed by atoms with E-state index in [0.717, 1.165) is 22.9 Å². The SMILES string of the molecule is COc1ccc(-c2cc(-c3ccc(OC)cc3)c(C#N)c(SCC(=O)Nc3cccc([N+](=O)[O-])c3)n2)cc1. The zero-order valence-electron chi connectivity index (χ0n) is 20.5. The topological polar surface area (TPSA) is 127 Å². The van der Waals surface area contributed by atoms with Gasteiger partial charge in [-0.1, -0.05) is 30.0 Å². The number of carbonyl (C=O) groups is 1. The molecule has 0 radical (unpaired) electrons. The second-order valence-electron chi connectivity index (χ2n) is 7.95. The number of methoxy groups -OCH3 is 2. The number of ether oxygens (including phenoxy) is 2. The van der Waals surface area contributed by atoms with Crippen LogP contribution in [0, 0.1) is 21.4 Å². The largest absolute Gasteiger partial charge is 0.497 e. The summed E-state index contributed by atoms with van der Waals surface area (Å²) in [6, 6.07) is 24.5. The van der Waals surface area contributed by atoms with E-state index in [2.05, 4.69) is 11.4 Å². The van der Waals surface area contributed by atoms with Crippen LogP contribution < -0.4 is 14.8 Å². The first kappa shape index (κ1) is 26.2. The van der Waals surface area contributed by atoms with Gasteiger partial charge in [0.05, 0.1) is 36.2 Å². The number of hydrogen-bond donors (Lipinski definition) is 1. The minimum atomic E-state index is -0.529. The van der Waals surface area contributed by atoms with E-state index in [9.17, 15) is 20.2 Å². The monoisotopic (exact) mass is 526 g/mol. The predicted molar refractivity (Wildman–Crippen MR) is 145 cm³/mol. The third kappa shape index (κ3) is 6.08. The minimum absolute atomic E-state index is 0.0571. The Hall–Kier alpha value is -4.88. The lowest BCUT2D eigenvalue weighted by Gasteiger charge is -2.13. The van der Waals surface area contributed by atoms with Crippen LogP contribution in [0.4, 0.5) is 11.4 Å². The Labute approximate surface area is 223 Å². The second-order valence-corrected chi connectivity index (χ2v) is 8.91. The van der Waals surface area contributed by atoms with Gasteiger partial charge in [0.15, 0.2) is 0 Å². The molecule has 3 aromatic carbocycles. The number of nitriles is 1. The molecule has 0 aliphatic rings. The molecule has 1 N–H and O–H groups in total. The highest BCUT2D eigenvalue weighted by atomic mass is 32.2. The molecule has 0 spiro atoms. The summed E-state index contributed by atoms with van der Waals surface area (Å²) >= 11 is 1.11. The number of hydrogen-bond acceptors (Lipinski definition) is 8. The third-order valence-electron chi connectivity index (χ3n) is 5.57. The smallest absolute Gasteiger partial charge is 0.271 e. The van der Waals surface area contributed by atoms with Crippen LogP contribution in [0.15, 0.2) is 83.9 Å². The molecule has 0 aliphatic heterocycles. The van der Waals surface area contributed by atoms with Crippen LogP contribution in [-0.4, -0.2) is 35.8 Å². The number of nitrogens with one attached hydrogen (secondary N) is 1. The van der Waals surface area contributed by atoms with E-state index >= 15 is 0 Å². The maximum Gasteiger partial charge on any atom is 0.271 e. The van der Waals surface area contributed by atoms with Crippen LogP contribution in [0.25, 0.3) is 22.4 Å². The first-order valence-corrected chi connectivity index (χ1v) is 12.3. The summed E-state index contributed by atoms with van der Waals surface area (Å²) in [4.78, 5) is 27.9. The molecule has 10 heteroatoms. The number of nitrogens with zero attached hydrogens (tertiary/aromatic N) is 3. The van der Waals surface area contributed by atoms with Crippen LogP contribution >= 0.6 is 11.8 Å². The number of benzene rings is 3. The molecule has 0 saturated heterocycles. The maximum atomic E-state index is 12.7. The molecule has 0 saturated carbocycles. The summed E-state index contributed by atoms with van der Waals surface area (Å²) in [5, 5.41) is 24.1. The minimum Gasteiger partial charge on any atom is -0.497 e. The number of pyridine rings is 1. The summed E-state index contributed by atoms with van der Waals surface area (Å²) in [7, 11) is 3.17. The van der Waals surface area contributed by atoms with Gasteiger partial charge in [0.2, 0.25) is 5.91 Å². The van der Waals surface area contributed by atoms with Crippen LogP contribution in [0.1, 0.15) is 5.56 Å². The third-order valence-corrected chi connectivity index (χ3v) is 6.54. The summed E-state index contributed by atoms with van der Waals surface area (Å²) in [6.45, 7) is 0. The van der Waals surface area contributed by atoms with Gasteiger partial charge in [-0.05, 0) is 54.1 Å². The number of nitro benzene ring substituents is 1. The molecule has 0 aliphatic carbocycles. The van der Waals surface area contributed by atoms with Gasteiger partial charge in [-0.15, -0.1) is 0 Å². The lowest BCUT2D eigenvalue weighted by Crippen LogP contribution is -2.14. The molecule has 0 unspecified atom stereocenters. The van der Waals surface area contributed by atoms with Gasteiger partial charge < -0.3 is 14.8 Å². The van der Waals surface area contributed by atoms with Gasteiger partial charge in [0, 0.05) is 28.9 Å². The molecule has 38 heavy (non-hydrogen) atoms. The van der Waals surface area contributed by atoms with Crippen LogP contribution in [-0.2, 0) is 4.79 Å². The highest BCUT2D eigenvalue weighted by molar-refractivity contribution is 8.00. The van der Waals surface area contributed by atoms with Crippen LogP contribution in [0.5, 0.6) is 11.5 Å². The van der Waals surface area contributed by atoms with E-state index < -0.39 is 4.92 Å². The van der Waals surface area contributed by atoms with Gasteiger partial charge >= 0.3 is 0 Å². The van der Waals surface area contributed by atoms with Crippen molar-refractivity contribution in [2.45, 2.75) is 5.03 Å². The van der Waals surface area contributed by atoms with Crippen molar-refractivity contribution in [3.63, 3.8) is 0 Å². The lowest BCUT2D eigenvalue weighted by molar-refractivity contribution is -0.384. The van der Waals surface area contributed by atoms with Crippen LogP contribution in [0.2, 0.25) is 0 Å². The number of aromatic nitrogens is 1. The molecule has 4 rings (SSSR count). The highest BCUT2D eigenvalue weighted by Gasteiger charge is 2.18. The normalized spacial score (nSPS) is 10.3. The zero-order chi connectivity index (χ0) is 27.1. The molecule has 1 amide bonds. The van der Waals surface area contributed by atoms with E-state index in [1.165, 1.54) is 18.2 Å². The first-order chi connectivity index (χ1) is 18.4. The molecule has 0 atom stereocenters. The summed E-state index contributed by atoms with van der Waals surface area (Å²) in [5.41, 5.74) is 3.41. The Morgan fingerprint density at radius 2 is 1.63 bits per heavy atom. The van der Waals surface area contributed by atoms with Crippen molar-refractivity contribution in [3.8, 4) is 40.0 Å². The Morgan fingerprint density at radius 1 is 1.00 bits per heavy atom. The van der Waals surface area contributed by atoms with Gasteiger partial charge in [-0.3, -0.25) is 14.9 Å². The molecular weight excluding hydrogens is 504 g/mol.